The predicted octanol–water partition coefficient (Wildman–Crippen LogP) is 4.62. The lowest BCUT2D eigenvalue weighted by Crippen LogP contribution is -2.36. The number of pyridine rings is 2. The van der Waals surface area contributed by atoms with Gasteiger partial charge < -0.3 is 40.1 Å². The number of carboxylic acid groups (broad SMARTS) is 2. The van der Waals surface area contributed by atoms with Crippen molar-refractivity contribution >= 4 is 41.6 Å². The third-order valence-corrected chi connectivity index (χ3v) is 10.8. The SMILES string of the molecule is O=C(NCCC(=O)N1Cc2ccccc2C=Cc2ccccc21)c1ccc(C(c2cccc(C(=O)O)n2)N(CCO)CCOCCOCCN(CCO)Cc2cccc(C(=O)O)n2)cc1. The minimum absolute atomic E-state index is 0.0508. The molecule has 340 valence electrons. The van der Waals surface area contributed by atoms with Crippen molar-refractivity contribution in [2.75, 3.05) is 77.3 Å². The van der Waals surface area contributed by atoms with E-state index in [0.29, 0.717) is 61.8 Å². The van der Waals surface area contributed by atoms with E-state index in [2.05, 4.69) is 21.4 Å². The number of nitrogens with zero attached hydrogens (tertiary/aromatic N) is 5. The van der Waals surface area contributed by atoms with Crippen LogP contribution in [0.25, 0.3) is 12.2 Å². The predicted molar refractivity (Wildman–Crippen MR) is 243 cm³/mol. The highest BCUT2D eigenvalue weighted by molar-refractivity contribution is 5.98. The summed E-state index contributed by atoms with van der Waals surface area (Å²) in [7, 11) is 0. The monoisotopic (exact) mass is 886 g/mol. The highest BCUT2D eigenvalue weighted by atomic mass is 16.5. The normalized spacial score (nSPS) is 12.6. The third kappa shape index (κ3) is 13.7. The van der Waals surface area contributed by atoms with Crippen molar-refractivity contribution < 1.29 is 49.1 Å². The summed E-state index contributed by atoms with van der Waals surface area (Å²) in [6.07, 6.45) is 4.14. The number of carboxylic acids is 2. The number of carbonyl (C=O) groups is 4. The summed E-state index contributed by atoms with van der Waals surface area (Å²) >= 11 is 0. The van der Waals surface area contributed by atoms with Crippen LogP contribution in [0.5, 0.6) is 0 Å². The van der Waals surface area contributed by atoms with Crippen molar-refractivity contribution in [2.45, 2.75) is 25.6 Å². The number of ether oxygens (including phenoxy) is 2. The molecule has 3 heterocycles. The number of carbonyl (C=O) groups excluding carboxylic acids is 2. The van der Waals surface area contributed by atoms with Crippen LogP contribution in [0, 0.1) is 0 Å². The Morgan fingerprint density at radius 3 is 2.05 bits per heavy atom. The van der Waals surface area contributed by atoms with Crippen LogP contribution < -0.4 is 10.2 Å². The first-order valence-corrected chi connectivity index (χ1v) is 21.4. The quantitative estimate of drug-likeness (QED) is 0.0535. The van der Waals surface area contributed by atoms with Gasteiger partial charge in [0.15, 0.2) is 0 Å². The number of para-hydroxylation sites is 1. The topological polar surface area (TPSA) is 215 Å². The van der Waals surface area contributed by atoms with Gasteiger partial charge in [-0.05, 0) is 64.7 Å². The number of aromatic nitrogens is 2. The molecule has 0 spiro atoms. The average molecular weight is 887 g/mol. The molecule has 0 saturated heterocycles. The zero-order valence-electron chi connectivity index (χ0n) is 36.0. The van der Waals surface area contributed by atoms with E-state index in [4.69, 9.17) is 9.47 Å². The lowest BCUT2D eigenvalue weighted by molar-refractivity contribution is -0.118. The van der Waals surface area contributed by atoms with E-state index in [1.54, 1.807) is 53.4 Å². The van der Waals surface area contributed by atoms with Crippen LogP contribution in [0.1, 0.15) is 77.4 Å². The van der Waals surface area contributed by atoms with Crippen molar-refractivity contribution in [2.24, 2.45) is 0 Å². The summed E-state index contributed by atoms with van der Waals surface area (Å²) < 4.78 is 11.7. The van der Waals surface area contributed by atoms with Gasteiger partial charge in [-0.25, -0.2) is 19.6 Å². The summed E-state index contributed by atoms with van der Waals surface area (Å²) in [5.74, 6) is -2.79. The number of anilines is 1. The first kappa shape index (κ1) is 47.8. The molecular formula is C49H54N6O10. The molecule has 0 aliphatic carbocycles. The van der Waals surface area contributed by atoms with Gasteiger partial charge in [0.1, 0.15) is 11.4 Å². The first-order valence-electron chi connectivity index (χ1n) is 21.4. The minimum atomic E-state index is -1.19. The number of benzene rings is 3. The fourth-order valence-corrected chi connectivity index (χ4v) is 7.52. The summed E-state index contributed by atoms with van der Waals surface area (Å²) in [6, 6.07) is 31.4. The van der Waals surface area contributed by atoms with Gasteiger partial charge in [0.05, 0.1) is 69.3 Å². The Bertz CT molecular complexity index is 2410. The molecule has 3 aromatic carbocycles. The molecule has 1 atom stereocenters. The second-order valence-electron chi connectivity index (χ2n) is 15.2. The van der Waals surface area contributed by atoms with Crippen LogP contribution in [0.15, 0.2) is 109 Å². The summed E-state index contributed by atoms with van der Waals surface area (Å²) in [5, 5.41) is 41.5. The van der Waals surface area contributed by atoms with E-state index in [1.807, 2.05) is 64.4 Å². The molecule has 0 radical (unpaired) electrons. The number of hydrogen-bond acceptors (Lipinski definition) is 12. The zero-order chi connectivity index (χ0) is 46.0. The lowest BCUT2D eigenvalue weighted by atomic mass is 9.99. The molecule has 0 saturated carbocycles. The van der Waals surface area contributed by atoms with E-state index in [0.717, 1.165) is 22.4 Å². The second kappa shape index (κ2) is 24.4. The second-order valence-corrected chi connectivity index (χ2v) is 15.2. The highest BCUT2D eigenvalue weighted by Gasteiger charge is 2.26. The summed E-state index contributed by atoms with van der Waals surface area (Å²) in [4.78, 5) is 64.5. The van der Waals surface area contributed by atoms with Gasteiger partial charge in [0, 0.05) is 51.3 Å². The largest absolute Gasteiger partial charge is 0.477 e. The Kier molecular flexibility index (Phi) is 18.0. The van der Waals surface area contributed by atoms with Crippen LogP contribution >= 0.6 is 0 Å². The maximum atomic E-state index is 13.7. The van der Waals surface area contributed by atoms with E-state index >= 15 is 0 Å². The number of aliphatic hydroxyl groups excluding tert-OH is 2. The number of rotatable bonds is 24. The number of hydrogen-bond donors (Lipinski definition) is 5. The third-order valence-electron chi connectivity index (χ3n) is 10.8. The van der Waals surface area contributed by atoms with Crippen LogP contribution in [0.2, 0.25) is 0 Å². The lowest BCUT2D eigenvalue weighted by Gasteiger charge is -2.31. The van der Waals surface area contributed by atoms with Crippen molar-refractivity contribution in [1.29, 1.82) is 0 Å². The van der Waals surface area contributed by atoms with Gasteiger partial charge in [-0.1, -0.05) is 78.9 Å². The Balaban J connectivity index is 1.04. The molecular weight excluding hydrogens is 833 g/mol. The van der Waals surface area contributed by atoms with Crippen LogP contribution in [-0.4, -0.2) is 136 Å². The molecule has 0 bridgehead atoms. The fourth-order valence-electron chi connectivity index (χ4n) is 7.52. The standard InChI is InChI=1S/C49H54N6O10/c56-27-23-53(34-40-10-5-12-42(51-40)48(60)61)25-29-64-31-32-65-30-26-54(24-28-57)46(41-11-6-13-43(52-41)49(62)63)37-17-19-38(20-18-37)47(59)50-22-21-45(58)55-33-39-9-2-1-7-35(39)15-16-36-8-3-4-14-44(36)55/h1-20,46,56-57H,21-34H2,(H,50,59)(H,60,61)(H,62,63). The Morgan fingerprint density at radius 2 is 1.32 bits per heavy atom. The van der Waals surface area contributed by atoms with Gasteiger partial charge >= 0.3 is 11.9 Å². The smallest absolute Gasteiger partial charge is 0.354 e. The number of nitrogens with one attached hydrogen (secondary N) is 1. The summed E-state index contributed by atoms with van der Waals surface area (Å²) in [5.41, 5.74) is 5.64. The maximum absolute atomic E-state index is 13.7. The molecule has 2 amide bonds. The van der Waals surface area contributed by atoms with Gasteiger partial charge in [-0.15, -0.1) is 0 Å². The van der Waals surface area contributed by atoms with Gasteiger partial charge in [-0.2, -0.15) is 0 Å². The molecule has 1 aliphatic heterocycles. The molecule has 65 heavy (non-hydrogen) atoms. The molecule has 1 aliphatic rings. The molecule has 2 aromatic heterocycles. The van der Waals surface area contributed by atoms with Crippen LogP contribution in [-0.2, 0) is 27.4 Å². The molecule has 16 heteroatoms. The highest BCUT2D eigenvalue weighted by Crippen LogP contribution is 2.30. The molecule has 0 fully saturated rings. The zero-order valence-corrected chi connectivity index (χ0v) is 36.0. The Morgan fingerprint density at radius 1 is 0.677 bits per heavy atom. The molecule has 5 aromatic rings. The molecule has 5 N–H and O–H groups in total. The van der Waals surface area contributed by atoms with Gasteiger partial charge in [0.25, 0.3) is 5.91 Å². The van der Waals surface area contributed by atoms with Crippen LogP contribution in [0.4, 0.5) is 5.69 Å². The minimum Gasteiger partial charge on any atom is -0.477 e. The summed E-state index contributed by atoms with van der Waals surface area (Å²) in [6.45, 7) is 3.03. The van der Waals surface area contributed by atoms with E-state index in [9.17, 15) is 39.6 Å². The maximum Gasteiger partial charge on any atom is 0.354 e. The van der Waals surface area contributed by atoms with E-state index < -0.39 is 18.0 Å². The van der Waals surface area contributed by atoms with Gasteiger partial charge in [-0.3, -0.25) is 19.4 Å². The number of fused-ring (bicyclic) bond motifs is 2. The van der Waals surface area contributed by atoms with Crippen LogP contribution in [0.3, 0.4) is 0 Å². The van der Waals surface area contributed by atoms with Crippen molar-refractivity contribution in [3.63, 3.8) is 0 Å². The molecule has 1 unspecified atom stereocenters. The van der Waals surface area contributed by atoms with Gasteiger partial charge in [0.2, 0.25) is 5.91 Å². The van der Waals surface area contributed by atoms with Crippen molar-refractivity contribution in [1.82, 2.24) is 25.1 Å². The van der Waals surface area contributed by atoms with E-state index in [-0.39, 0.29) is 75.7 Å². The Hall–Kier alpha value is -6.66. The van der Waals surface area contributed by atoms with Crippen molar-refractivity contribution in [3.8, 4) is 0 Å². The average Bonchev–Trinajstić information content (AvgIpc) is 3.31. The Labute approximate surface area is 377 Å². The fraction of sp³-hybridized carbons (Fsp3) is 0.306. The number of aliphatic hydroxyl groups is 2. The number of amides is 2. The molecule has 6 rings (SSSR count). The molecule has 16 nitrogen and oxygen atoms in total. The first-order chi connectivity index (χ1) is 31.6. The van der Waals surface area contributed by atoms with E-state index in [1.165, 1.54) is 12.1 Å². The number of aromatic carboxylic acids is 2. The van der Waals surface area contributed by atoms with Crippen molar-refractivity contribution in [3.05, 3.63) is 160 Å².